The third kappa shape index (κ3) is 3.43. The number of nitrogens with two attached hydrogens (primary N) is 1. The SMILES string of the molecule is COc1ccc(CN[C@H]2CCOC[C@@H]2N)cc1. The first-order valence-electron chi connectivity index (χ1n) is 5.99. The maximum absolute atomic E-state index is 5.98. The number of benzene rings is 1. The van der Waals surface area contributed by atoms with Gasteiger partial charge in [-0.2, -0.15) is 0 Å². The number of rotatable bonds is 4. The van der Waals surface area contributed by atoms with Crippen LogP contribution in [0.15, 0.2) is 24.3 Å². The Bertz CT molecular complexity index is 340. The molecule has 0 bridgehead atoms. The predicted molar refractivity (Wildman–Crippen MR) is 67.0 cm³/mol. The quantitative estimate of drug-likeness (QED) is 0.815. The van der Waals surface area contributed by atoms with Crippen LogP contribution in [0.1, 0.15) is 12.0 Å². The van der Waals surface area contributed by atoms with Gasteiger partial charge in [-0.25, -0.2) is 0 Å². The number of hydrogen-bond donors (Lipinski definition) is 2. The molecule has 0 amide bonds. The van der Waals surface area contributed by atoms with Gasteiger partial charge in [0.1, 0.15) is 5.75 Å². The fourth-order valence-corrected chi connectivity index (χ4v) is 2.01. The molecule has 3 N–H and O–H groups in total. The van der Waals surface area contributed by atoms with E-state index in [-0.39, 0.29) is 6.04 Å². The molecule has 1 fully saturated rings. The minimum absolute atomic E-state index is 0.0991. The van der Waals surface area contributed by atoms with E-state index in [0.29, 0.717) is 12.6 Å². The normalized spacial score (nSPS) is 24.6. The zero-order valence-corrected chi connectivity index (χ0v) is 10.2. The maximum Gasteiger partial charge on any atom is 0.118 e. The van der Waals surface area contributed by atoms with E-state index in [2.05, 4.69) is 17.4 Å². The zero-order valence-electron chi connectivity index (χ0n) is 10.2. The van der Waals surface area contributed by atoms with Crippen molar-refractivity contribution in [2.45, 2.75) is 25.0 Å². The highest BCUT2D eigenvalue weighted by Crippen LogP contribution is 2.12. The first-order chi connectivity index (χ1) is 8.29. The summed E-state index contributed by atoms with van der Waals surface area (Å²) in [6, 6.07) is 8.53. The molecule has 0 unspecified atom stereocenters. The van der Waals surface area contributed by atoms with Crippen molar-refractivity contribution in [1.29, 1.82) is 0 Å². The summed E-state index contributed by atoms with van der Waals surface area (Å²) in [4.78, 5) is 0. The summed E-state index contributed by atoms with van der Waals surface area (Å²) in [6.45, 7) is 2.29. The molecule has 1 aromatic rings. The lowest BCUT2D eigenvalue weighted by Gasteiger charge is -2.29. The predicted octanol–water partition coefficient (Wildman–Crippen LogP) is 0.901. The van der Waals surface area contributed by atoms with E-state index < -0.39 is 0 Å². The third-order valence-electron chi connectivity index (χ3n) is 3.13. The molecule has 0 spiro atoms. The standard InChI is InChI=1S/C13H20N2O2/c1-16-11-4-2-10(3-5-11)8-15-13-6-7-17-9-12(13)14/h2-5,12-13,15H,6-9,14H2,1H3/t12-,13-/m0/s1. The van der Waals surface area contributed by atoms with Crippen LogP contribution >= 0.6 is 0 Å². The lowest BCUT2D eigenvalue weighted by Crippen LogP contribution is -2.50. The Morgan fingerprint density at radius 1 is 1.41 bits per heavy atom. The molecule has 0 radical (unpaired) electrons. The summed E-state index contributed by atoms with van der Waals surface area (Å²) >= 11 is 0. The topological polar surface area (TPSA) is 56.5 Å². The summed E-state index contributed by atoms with van der Waals surface area (Å²) in [5.74, 6) is 0.886. The Kier molecular flexibility index (Phi) is 4.36. The van der Waals surface area contributed by atoms with E-state index in [1.54, 1.807) is 7.11 Å². The first-order valence-corrected chi connectivity index (χ1v) is 5.99. The molecule has 0 aliphatic carbocycles. The first kappa shape index (κ1) is 12.4. The maximum atomic E-state index is 5.98. The van der Waals surface area contributed by atoms with Crippen molar-refractivity contribution in [3.8, 4) is 5.75 Å². The molecule has 4 nitrogen and oxygen atoms in total. The Morgan fingerprint density at radius 2 is 2.18 bits per heavy atom. The molecule has 1 aliphatic heterocycles. The zero-order chi connectivity index (χ0) is 12.1. The number of ether oxygens (including phenoxy) is 2. The fraction of sp³-hybridized carbons (Fsp3) is 0.538. The molecule has 0 saturated carbocycles. The van der Waals surface area contributed by atoms with Crippen LogP contribution in [0.4, 0.5) is 0 Å². The van der Waals surface area contributed by atoms with Crippen molar-refractivity contribution in [2.24, 2.45) is 5.73 Å². The second-order valence-corrected chi connectivity index (χ2v) is 4.36. The number of nitrogens with one attached hydrogen (secondary N) is 1. The van der Waals surface area contributed by atoms with E-state index in [4.69, 9.17) is 15.2 Å². The minimum atomic E-state index is 0.0991. The van der Waals surface area contributed by atoms with Gasteiger partial charge in [0.15, 0.2) is 0 Å². The van der Waals surface area contributed by atoms with Gasteiger partial charge in [0.2, 0.25) is 0 Å². The molecular formula is C13H20N2O2. The van der Waals surface area contributed by atoms with Gasteiger partial charge in [-0.05, 0) is 24.1 Å². The second-order valence-electron chi connectivity index (χ2n) is 4.36. The Balaban J connectivity index is 1.84. The van der Waals surface area contributed by atoms with Crippen molar-refractivity contribution in [1.82, 2.24) is 5.32 Å². The molecule has 0 aromatic heterocycles. The van der Waals surface area contributed by atoms with E-state index in [9.17, 15) is 0 Å². The van der Waals surface area contributed by atoms with Crippen LogP contribution in [0, 0.1) is 0 Å². The molecule has 2 atom stereocenters. The number of hydrogen-bond acceptors (Lipinski definition) is 4. The Hall–Kier alpha value is -1.10. The van der Waals surface area contributed by atoms with E-state index in [1.807, 2.05) is 12.1 Å². The van der Waals surface area contributed by atoms with Crippen molar-refractivity contribution >= 4 is 0 Å². The number of methoxy groups -OCH3 is 1. The van der Waals surface area contributed by atoms with E-state index in [1.165, 1.54) is 5.56 Å². The fourth-order valence-electron chi connectivity index (χ4n) is 2.01. The Morgan fingerprint density at radius 3 is 2.82 bits per heavy atom. The molecule has 1 heterocycles. The summed E-state index contributed by atoms with van der Waals surface area (Å²) in [6.07, 6.45) is 0.983. The van der Waals surface area contributed by atoms with Gasteiger partial charge >= 0.3 is 0 Å². The summed E-state index contributed by atoms with van der Waals surface area (Å²) in [7, 11) is 1.67. The van der Waals surface area contributed by atoms with Crippen LogP contribution in [0.3, 0.4) is 0 Å². The monoisotopic (exact) mass is 236 g/mol. The molecule has 1 aromatic carbocycles. The average Bonchev–Trinajstić information content (AvgIpc) is 2.38. The largest absolute Gasteiger partial charge is 0.497 e. The van der Waals surface area contributed by atoms with Crippen LogP contribution in [-0.4, -0.2) is 32.4 Å². The highest BCUT2D eigenvalue weighted by molar-refractivity contribution is 5.27. The highest BCUT2D eigenvalue weighted by Gasteiger charge is 2.21. The molecule has 1 aliphatic rings. The van der Waals surface area contributed by atoms with Gasteiger partial charge in [-0.15, -0.1) is 0 Å². The van der Waals surface area contributed by atoms with Crippen LogP contribution in [-0.2, 0) is 11.3 Å². The third-order valence-corrected chi connectivity index (χ3v) is 3.13. The molecule has 2 rings (SSSR count). The summed E-state index contributed by atoms with van der Waals surface area (Å²) in [5.41, 5.74) is 7.22. The summed E-state index contributed by atoms with van der Waals surface area (Å²) in [5, 5.41) is 3.48. The summed E-state index contributed by atoms with van der Waals surface area (Å²) < 4.78 is 10.4. The van der Waals surface area contributed by atoms with Gasteiger partial charge in [0.25, 0.3) is 0 Å². The molecular weight excluding hydrogens is 216 g/mol. The Labute approximate surface area is 102 Å². The second kappa shape index (κ2) is 6.00. The van der Waals surface area contributed by atoms with Crippen LogP contribution in [0.2, 0.25) is 0 Å². The highest BCUT2D eigenvalue weighted by atomic mass is 16.5. The van der Waals surface area contributed by atoms with Gasteiger partial charge < -0.3 is 20.5 Å². The van der Waals surface area contributed by atoms with Gasteiger partial charge in [0, 0.05) is 25.2 Å². The van der Waals surface area contributed by atoms with Crippen molar-refractivity contribution in [2.75, 3.05) is 20.3 Å². The van der Waals surface area contributed by atoms with Crippen molar-refractivity contribution in [3.05, 3.63) is 29.8 Å². The molecule has 4 heteroatoms. The van der Waals surface area contributed by atoms with Gasteiger partial charge in [-0.1, -0.05) is 12.1 Å². The molecule has 17 heavy (non-hydrogen) atoms. The average molecular weight is 236 g/mol. The molecule has 1 saturated heterocycles. The lowest BCUT2D eigenvalue weighted by atomic mass is 10.0. The van der Waals surface area contributed by atoms with E-state index >= 15 is 0 Å². The van der Waals surface area contributed by atoms with Gasteiger partial charge in [0.05, 0.1) is 13.7 Å². The lowest BCUT2D eigenvalue weighted by molar-refractivity contribution is 0.0615. The smallest absolute Gasteiger partial charge is 0.118 e. The minimum Gasteiger partial charge on any atom is -0.497 e. The van der Waals surface area contributed by atoms with Crippen molar-refractivity contribution < 1.29 is 9.47 Å². The van der Waals surface area contributed by atoms with E-state index in [0.717, 1.165) is 25.3 Å². The van der Waals surface area contributed by atoms with Crippen LogP contribution in [0.5, 0.6) is 5.75 Å². The van der Waals surface area contributed by atoms with Gasteiger partial charge in [-0.3, -0.25) is 0 Å². The van der Waals surface area contributed by atoms with Crippen LogP contribution < -0.4 is 15.8 Å². The van der Waals surface area contributed by atoms with Crippen LogP contribution in [0.25, 0.3) is 0 Å². The molecule has 94 valence electrons. The van der Waals surface area contributed by atoms with Crippen molar-refractivity contribution in [3.63, 3.8) is 0 Å².